The third-order valence-electron chi connectivity index (χ3n) is 8.47. The highest BCUT2D eigenvalue weighted by atomic mass is 32.2. The highest BCUT2D eigenvalue weighted by Gasteiger charge is 2.48. The molecule has 0 atom stereocenters. The van der Waals surface area contributed by atoms with Crippen molar-refractivity contribution in [1.82, 2.24) is 14.5 Å². The molecule has 3 heterocycles. The molecule has 1 spiro atoms. The number of amides is 2. The van der Waals surface area contributed by atoms with Gasteiger partial charge >= 0.3 is 0 Å². The summed E-state index contributed by atoms with van der Waals surface area (Å²) in [6.45, 7) is 2.59. The monoisotopic (exact) mass is 576 g/mol. The number of aliphatic imine (C=N–C) groups is 1. The summed E-state index contributed by atoms with van der Waals surface area (Å²) < 4.78 is 50.9. The minimum absolute atomic E-state index is 0.0350. The van der Waals surface area contributed by atoms with E-state index in [9.17, 15) is 26.4 Å². The van der Waals surface area contributed by atoms with Gasteiger partial charge in [-0.05, 0) is 61.9 Å². The molecular weight excluding hydrogens is 540 g/mol. The molecule has 2 amide bonds. The van der Waals surface area contributed by atoms with E-state index in [4.69, 9.17) is 4.99 Å². The van der Waals surface area contributed by atoms with Gasteiger partial charge in [-0.3, -0.25) is 14.6 Å². The van der Waals surface area contributed by atoms with E-state index in [2.05, 4.69) is 5.32 Å². The Labute approximate surface area is 230 Å². The van der Waals surface area contributed by atoms with Crippen LogP contribution in [0.3, 0.4) is 0 Å². The van der Waals surface area contributed by atoms with Gasteiger partial charge in [-0.2, -0.15) is 4.31 Å². The zero-order valence-corrected chi connectivity index (χ0v) is 23.9. The second kappa shape index (κ2) is 10.8. The summed E-state index contributed by atoms with van der Waals surface area (Å²) in [6, 6.07) is 5.03. The molecule has 1 aromatic carbocycles. The predicted octanol–water partition coefficient (Wildman–Crippen LogP) is 2.11. The molecular formula is C27H36N4O6S2. The van der Waals surface area contributed by atoms with E-state index in [0.717, 1.165) is 37.1 Å². The SMILES string of the molecule is Cc1cc(C(=O)N2CCS(=O)(=O)CC2)ccc1/C=C/S(=O)(=O)N1CCC2(CC1)N=C(C1CCCCC1)NC2=O. The van der Waals surface area contributed by atoms with E-state index in [0.29, 0.717) is 29.9 Å². The van der Waals surface area contributed by atoms with Gasteiger partial charge < -0.3 is 10.2 Å². The fourth-order valence-corrected chi connectivity index (χ4v) is 8.28. The fourth-order valence-electron chi connectivity index (χ4n) is 5.90. The van der Waals surface area contributed by atoms with Gasteiger partial charge in [0.05, 0.1) is 11.5 Å². The number of sulfonamides is 1. The van der Waals surface area contributed by atoms with Crippen LogP contribution >= 0.6 is 0 Å². The van der Waals surface area contributed by atoms with E-state index >= 15 is 0 Å². The van der Waals surface area contributed by atoms with Crippen LogP contribution in [0.1, 0.15) is 66.4 Å². The number of nitrogens with zero attached hydrogens (tertiary/aromatic N) is 3. The Bertz CT molecular complexity index is 1410. The van der Waals surface area contributed by atoms with Gasteiger partial charge in [0.1, 0.15) is 11.4 Å². The summed E-state index contributed by atoms with van der Waals surface area (Å²) >= 11 is 0. The predicted molar refractivity (Wildman–Crippen MR) is 149 cm³/mol. The van der Waals surface area contributed by atoms with Crippen LogP contribution in [0.25, 0.3) is 6.08 Å². The molecule has 1 N–H and O–H groups in total. The van der Waals surface area contributed by atoms with Crippen LogP contribution in [0, 0.1) is 12.8 Å². The molecule has 0 aromatic heterocycles. The first-order chi connectivity index (χ1) is 18.5. The van der Waals surface area contributed by atoms with E-state index in [1.807, 2.05) is 0 Å². The maximum Gasteiger partial charge on any atom is 0.253 e. The molecule has 0 radical (unpaired) electrons. The van der Waals surface area contributed by atoms with E-state index < -0.39 is 25.4 Å². The highest BCUT2D eigenvalue weighted by Crippen LogP contribution is 2.35. The molecule has 3 aliphatic heterocycles. The topological polar surface area (TPSA) is 133 Å². The number of rotatable bonds is 5. The van der Waals surface area contributed by atoms with Crippen molar-refractivity contribution in [2.24, 2.45) is 10.9 Å². The van der Waals surface area contributed by atoms with Crippen molar-refractivity contribution in [3.8, 4) is 0 Å². The molecule has 1 saturated carbocycles. The van der Waals surface area contributed by atoms with Crippen molar-refractivity contribution >= 4 is 43.6 Å². The number of hydrogen-bond donors (Lipinski definition) is 1. The molecule has 39 heavy (non-hydrogen) atoms. The first kappa shape index (κ1) is 28.0. The molecule has 0 bridgehead atoms. The van der Waals surface area contributed by atoms with Crippen molar-refractivity contribution in [2.45, 2.75) is 57.4 Å². The summed E-state index contributed by atoms with van der Waals surface area (Å²) in [5.74, 6) is 0.682. The molecule has 2 saturated heterocycles. The quantitative estimate of drug-likeness (QED) is 0.571. The number of hydrogen-bond acceptors (Lipinski definition) is 7. The standard InChI is InChI=1S/C27H36N4O6S2/c1-20-19-23(25(32)30-14-17-38(34,35)18-15-30)8-7-21(20)9-16-39(36,37)31-12-10-27(11-13-31)26(33)28-24(29-27)22-5-3-2-4-6-22/h7-9,16,19,22H,2-6,10-15,17-18H2,1H3,(H,28,29,33)/b16-9+. The van der Waals surface area contributed by atoms with Gasteiger partial charge in [0.25, 0.3) is 11.8 Å². The first-order valence-electron chi connectivity index (χ1n) is 13.7. The van der Waals surface area contributed by atoms with Crippen LogP contribution in [-0.4, -0.2) is 86.9 Å². The minimum Gasteiger partial charge on any atom is -0.337 e. The smallest absolute Gasteiger partial charge is 0.253 e. The molecule has 3 fully saturated rings. The maximum absolute atomic E-state index is 13.1. The third-order valence-corrected chi connectivity index (χ3v) is 11.6. The largest absolute Gasteiger partial charge is 0.337 e. The second-order valence-electron chi connectivity index (χ2n) is 11.1. The van der Waals surface area contributed by atoms with Crippen LogP contribution in [-0.2, 0) is 24.7 Å². The molecule has 5 rings (SSSR count). The Morgan fingerprint density at radius 1 is 1.08 bits per heavy atom. The first-order valence-corrected chi connectivity index (χ1v) is 17.0. The Kier molecular flexibility index (Phi) is 7.73. The van der Waals surface area contributed by atoms with Crippen LogP contribution < -0.4 is 5.32 Å². The van der Waals surface area contributed by atoms with E-state index in [-0.39, 0.29) is 49.5 Å². The molecule has 12 heteroatoms. The summed E-state index contributed by atoms with van der Waals surface area (Å²) in [5.41, 5.74) is 0.986. The summed E-state index contributed by atoms with van der Waals surface area (Å²) in [6.07, 6.45) is 7.83. The lowest BCUT2D eigenvalue weighted by Crippen LogP contribution is -2.50. The summed E-state index contributed by atoms with van der Waals surface area (Å²) in [5, 5.41) is 4.18. The van der Waals surface area contributed by atoms with Crippen LogP contribution in [0.2, 0.25) is 0 Å². The average Bonchev–Trinajstić information content (AvgIpc) is 3.23. The van der Waals surface area contributed by atoms with Crippen molar-refractivity contribution in [3.63, 3.8) is 0 Å². The molecule has 0 unspecified atom stereocenters. The molecule has 10 nitrogen and oxygen atoms in total. The molecule has 212 valence electrons. The molecule has 4 aliphatic rings. The Morgan fingerprint density at radius 2 is 1.74 bits per heavy atom. The van der Waals surface area contributed by atoms with Crippen LogP contribution in [0.5, 0.6) is 0 Å². The normalized spacial score (nSPS) is 24.2. The van der Waals surface area contributed by atoms with Crippen molar-refractivity contribution < 1.29 is 26.4 Å². The Morgan fingerprint density at radius 3 is 2.38 bits per heavy atom. The van der Waals surface area contributed by atoms with Gasteiger partial charge in [0.15, 0.2) is 9.84 Å². The van der Waals surface area contributed by atoms with Crippen molar-refractivity contribution in [1.29, 1.82) is 0 Å². The fraction of sp³-hybridized carbons (Fsp3) is 0.593. The lowest BCUT2D eigenvalue weighted by molar-refractivity contribution is -0.125. The lowest BCUT2D eigenvalue weighted by Gasteiger charge is -2.34. The highest BCUT2D eigenvalue weighted by molar-refractivity contribution is 7.92. The number of carbonyl (C=O) groups is 2. The molecule has 1 aromatic rings. The minimum atomic E-state index is -3.71. The van der Waals surface area contributed by atoms with Crippen molar-refractivity contribution in [2.75, 3.05) is 37.7 Å². The number of sulfone groups is 1. The Hall–Kier alpha value is -2.57. The Balaban J connectivity index is 1.21. The van der Waals surface area contributed by atoms with Gasteiger partial charge in [-0.1, -0.05) is 25.3 Å². The van der Waals surface area contributed by atoms with Crippen LogP contribution in [0.15, 0.2) is 28.6 Å². The number of piperidine rings is 1. The van der Waals surface area contributed by atoms with Gasteiger partial charge in [-0.15, -0.1) is 0 Å². The summed E-state index contributed by atoms with van der Waals surface area (Å²) in [7, 11) is -6.79. The number of amidine groups is 1. The number of aryl methyl sites for hydroxylation is 1. The van der Waals surface area contributed by atoms with Gasteiger partial charge in [0, 0.05) is 43.1 Å². The number of carbonyl (C=O) groups excluding carboxylic acids is 2. The van der Waals surface area contributed by atoms with E-state index in [1.165, 1.54) is 27.1 Å². The average molecular weight is 577 g/mol. The number of benzene rings is 1. The third kappa shape index (κ3) is 5.97. The van der Waals surface area contributed by atoms with E-state index in [1.54, 1.807) is 25.1 Å². The maximum atomic E-state index is 13.1. The van der Waals surface area contributed by atoms with Gasteiger partial charge in [-0.25, -0.2) is 16.8 Å². The van der Waals surface area contributed by atoms with Crippen molar-refractivity contribution in [3.05, 3.63) is 40.3 Å². The van der Waals surface area contributed by atoms with Gasteiger partial charge in [0.2, 0.25) is 10.0 Å². The summed E-state index contributed by atoms with van der Waals surface area (Å²) in [4.78, 5) is 32.0. The lowest BCUT2D eigenvalue weighted by atomic mass is 9.88. The zero-order valence-electron chi connectivity index (χ0n) is 22.3. The molecule has 1 aliphatic carbocycles. The number of nitrogens with one attached hydrogen (secondary N) is 1. The second-order valence-corrected chi connectivity index (χ2v) is 15.2. The zero-order chi connectivity index (χ0) is 27.8. The van der Waals surface area contributed by atoms with Crippen LogP contribution in [0.4, 0.5) is 0 Å².